The molecule has 0 bridgehead atoms. The Morgan fingerprint density at radius 2 is 0.457 bits per heavy atom. The van der Waals surface area contributed by atoms with Crippen LogP contribution in [0.15, 0.2) is 382 Å². The lowest BCUT2D eigenvalue weighted by molar-refractivity contribution is 1.13. The van der Waals surface area contributed by atoms with E-state index < -0.39 is 0 Å². The molecule has 8 heterocycles. The maximum absolute atomic E-state index is 2.63. The average molecular weight is 1800 g/mol. The zero-order chi connectivity index (χ0) is 93.8. The van der Waals surface area contributed by atoms with Crippen molar-refractivity contribution >= 4 is 221 Å². The zero-order valence-corrected chi connectivity index (χ0v) is 80.2. The van der Waals surface area contributed by atoms with E-state index in [0.29, 0.717) is 6.42 Å². The molecule has 0 amide bonds. The van der Waals surface area contributed by atoms with Gasteiger partial charge in [-0.25, -0.2) is 0 Å². The molecule has 666 valence electrons. The first-order chi connectivity index (χ1) is 68.5. The third-order valence-corrected chi connectivity index (χ3v) is 32.1. The molecule has 0 aliphatic carbocycles. The van der Waals surface area contributed by atoms with E-state index in [-0.39, 0.29) is 0 Å². The van der Waals surface area contributed by atoms with Gasteiger partial charge in [0.25, 0.3) is 0 Å². The number of hydrogen-bond donors (Lipinski definition) is 0. The maximum Gasteiger partial charge on any atom is 0.0641 e. The first-order valence-corrected chi connectivity index (χ1v) is 49.2. The molecule has 0 saturated heterocycles. The minimum absolute atomic E-state index is 0.691. The van der Waals surface area contributed by atoms with E-state index >= 15 is 0 Å². The molecule has 0 fully saturated rings. The van der Waals surface area contributed by atoms with Crippen molar-refractivity contribution in [1.82, 2.24) is 17.6 Å². The molecular weight excluding hydrogens is 1700 g/mol. The van der Waals surface area contributed by atoms with Crippen LogP contribution in [0.4, 0.5) is 68.2 Å². The summed E-state index contributed by atoms with van der Waals surface area (Å²) >= 11 is 0. The number of aromatic nitrogens is 4. The molecule has 8 heteroatoms. The summed E-state index contributed by atoms with van der Waals surface area (Å²) in [5, 5.41) is 19.6. The summed E-state index contributed by atoms with van der Waals surface area (Å²) in [6.07, 6.45) is 0.691. The lowest BCUT2D eigenvalue weighted by atomic mass is 9.94. The molecule has 0 aliphatic rings. The molecule has 0 radical (unpaired) electrons. The predicted molar refractivity (Wildman–Crippen MR) is 596 cm³/mol. The first-order valence-electron chi connectivity index (χ1n) is 49.2. The normalized spacial score (nSPS) is 12.3. The molecule has 8 aromatic heterocycles. The molecule has 20 aromatic carbocycles. The third kappa shape index (κ3) is 11.6. The van der Waals surface area contributed by atoms with Crippen LogP contribution in [0.5, 0.6) is 0 Å². The van der Waals surface area contributed by atoms with E-state index in [9.17, 15) is 0 Å². The standard InChI is InChI=1S/C132H98N8/c1-76-62-93(63-77(2)83(76)8)133(94-64-78(3)84(9)79(4)65-94)117-58-53-99-106-72-122-107(73-121(106)137-113-49-31-26-44-103(113)125(117)129(99)137)100-54-59-118(126-104-45-27-32-50-114(104)138(122)130(100)126)134(95-66-80(5)85(10)81(6)67-95)96-68-82(7)86(11)90(71-96)69-87-52-57-116-110(70-87)128-120(136(92-40-22-15-23-41-92)112-48-30-25-43-98(112)89-36-18-13-19-37-89)61-56-102-109-74-123-108(75-124(109)140(116)132(102)128)101-55-60-119(127-105-46-28-33-51-115(105)139(123)131(101)127)135(91-38-20-14-21-39-91)111-47-29-24-42-97(111)88-34-16-12-17-35-88/h12-68,70-75H,69H2,1-11H3. The third-order valence-electron chi connectivity index (χ3n) is 32.1. The van der Waals surface area contributed by atoms with Crippen LogP contribution in [0.25, 0.3) is 175 Å². The number of benzene rings is 20. The minimum Gasteiger partial charge on any atom is -0.310 e. The second kappa shape index (κ2) is 30.4. The van der Waals surface area contributed by atoms with Crippen LogP contribution < -0.4 is 19.6 Å². The summed E-state index contributed by atoms with van der Waals surface area (Å²) in [6.45, 7) is 25.1. The number of nitrogens with zero attached hydrogens (tertiary/aromatic N) is 8. The Balaban J connectivity index is 0.634. The number of anilines is 12. The molecule has 0 N–H and O–H groups in total. The Labute approximate surface area is 811 Å². The largest absolute Gasteiger partial charge is 0.310 e. The molecule has 0 saturated carbocycles. The van der Waals surface area contributed by atoms with Crippen LogP contribution in [-0.2, 0) is 6.42 Å². The SMILES string of the molecule is Cc1cc(N(c2cc(C)c(C)c(C)c2)c2ccc3c4cc5c(cc4n4c6ccccc6c2c34)c2ccc(N(c3cc(C)c(C)c(C)c3)c3cc(C)c(C)c(Cc4ccc6c(c4)c4c(N(c7ccccc7)c7ccccc7-c7ccccc7)ccc7c8cc9c(cc8n6c74)c4ccc(N(c6ccccc6)c6ccccc6-c6ccccc6)c6c7ccccc7n9c46)c3)c3c4ccccc4n5c23)cc(C)c1C. The molecule has 0 atom stereocenters. The number of para-hydroxylation sites is 7. The van der Waals surface area contributed by atoms with Gasteiger partial charge < -0.3 is 37.2 Å². The van der Waals surface area contributed by atoms with Gasteiger partial charge in [-0.15, -0.1) is 0 Å². The van der Waals surface area contributed by atoms with Gasteiger partial charge in [-0.05, 0) is 330 Å². The summed E-state index contributed by atoms with van der Waals surface area (Å²) in [7, 11) is 0. The van der Waals surface area contributed by atoms with Gasteiger partial charge in [0.15, 0.2) is 0 Å². The van der Waals surface area contributed by atoms with E-state index in [2.05, 4.69) is 496 Å². The number of rotatable bonds is 16. The Morgan fingerprint density at radius 3 is 0.807 bits per heavy atom. The van der Waals surface area contributed by atoms with E-state index in [1.165, 1.54) is 247 Å². The van der Waals surface area contributed by atoms with Crippen molar-refractivity contribution in [2.45, 2.75) is 82.6 Å². The monoisotopic (exact) mass is 1790 g/mol. The van der Waals surface area contributed by atoms with Crippen molar-refractivity contribution in [3.05, 3.63) is 455 Å². The summed E-state index contributed by atoms with van der Waals surface area (Å²) in [5.74, 6) is 0. The minimum atomic E-state index is 0.691. The number of hydrogen-bond acceptors (Lipinski definition) is 4. The highest BCUT2D eigenvalue weighted by molar-refractivity contribution is 6.35. The van der Waals surface area contributed by atoms with Gasteiger partial charge in [0.2, 0.25) is 0 Å². The second-order valence-corrected chi connectivity index (χ2v) is 39.6. The molecule has 28 rings (SSSR count). The molecular formula is C132H98N8. The number of aryl methyl sites for hydroxylation is 7. The van der Waals surface area contributed by atoms with E-state index in [4.69, 9.17) is 0 Å². The summed E-state index contributed by atoms with van der Waals surface area (Å²) in [4.78, 5) is 10.2. The van der Waals surface area contributed by atoms with Crippen LogP contribution in [0.1, 0.15) is 72.3 Å². The quantitative estimate of drug-likeness (QED) is 0.0965. The van der Waals surface area contributed by atoms with E-state index in [0.717, 1.165) is 67.8 Å². The molecule has 140 heavy (non-hydrogen) atoms. The first kappa shape index (κ1) is 81.2. The fourth-order valence-corrected chi connectivity index (χ4v) is 24.7. The Hall–Kier alpha value is -17.2. The van der Waals surface area contributed by atoms with E-state index in [1.54, 1.807) is 0 Å². The topological polar surface area (TPSA) is 30.6 Å². The van der Waals surface area contributed by atoms with Crippen molar-refractivity contribution < 1.29 is 0 Å². The fraction of sp³-hybridized carbons (Fsp3) is 0.0909. The van der Waals surface area contributed by atoms with Crippen molar-refractivity contribution in [2.75, 3.05) is 19.6 Å². The Morgan fingerprint density at radius 1 is 0.179 bits per heavy atom. The van der Waals surface area contributed by atoms with Gasteiger partial charge in [0.05, 0.1) is 100 Å². The van der Waals surface area contributed by atoms with Crippen molar-refractivity contribution in [2.24, 2.45) is 0 Å². The molecule has 8 nitrogen and oxygen atoms in total. The predicted octanol–water partition coefficient (Wildman–Crippen LogP) is 36.5. The average Bonchev–Trinajstić information content (AvgIpc) is 1.51. The van der Waals surface area contributed by atoms with E-state index in [1.807, 2.05) is 0 Å². The van der Waals surface area contributed by atoms with Gasteiger partial charge in [0, 0.05) is 131 Å². The fourth-order valence-electron chi connectivity index (χ4n) is 24.7. The van der Waals surface area contributed by atoms with Gasteiger partial charge >= 0.3 is 0 Å². The molecule has 0 aliphatic heterocycles. The van der Waals surface area contributed by atoms with Crippen molar-refractivity contribution in [1.29, 1.82) is 0 Å². The maximum atomic E-state index is 2.63. The molecule has 0 spiro atoms. The van der Waals surface area contributed by atoms with Crippen LogP contribution in [0, 0.1) is 76.2 Å². The highest BCUT2D eigenvalue weighted by Crippen LogP contribution is 2.58. The lowest BCUT2D eigenvalue weighted by Crippen LogP contribution is -2.13. The summed E-state index contributed by atoms with van der Waals surface area (Å²) in [6, 6.07) is 145. The lowest BCUT2D eigenvalue weighted by Gasteiger charge is -2.29. The molecule has 28 aromatic rings. The van der Waals surface area contributed by atoms with Crippen LogP contribution in [0.2, 0.25) is 0 Å². The van der Waals surface area contributed by atoms with Crippen molar-refractivity contribution in [3.63, 3.8) is 0 Å². The van der Waals surface area contributed by atoms with Crippen LogP contribution in [0.3, 0.4) is 0 Å². The second-order valence-electron chi connectivity index (χ2n) is 39.6. The van der Waals surface area contributed by atoms with Crippen LogP contribution >= 0.6 is 0 Å². The van der Waals surface area contributed by atoms with Crippen molar-refractivity contribution in [3.8, 4) is 22.3 Å². The highest BCUT2D eigenvalue weighted by Gasteiger charge is 2.34. The molecule has 0 unspecified atom stereocenters. The number of fused-ring (bicyclic) bond motifs is 24. The summed E-state index contributed by atoms with van der Waals surface area (Å²) < 4.78 is 10.4. The van der Waals surface area contributed by atoms with Crippen LogP contribution in [-0.4, -0.2) is 17.6 Å². The Bertz CT molecular complexity index is 9940. The highest BCUT2D eigenvalue weighted by atomic mass is 15.2. The smallest absolute Gasteiger partial charge is 0.0641 e. The van der Waals surface area contributed by atoms with Gasteiger partial charge in [-0.1, -0.05) is 218 Å². The zero-order valence-electron chi connectivity index (χ0n) is 80.2. The Kier molecular flexibility index (Phi) is 17.6. The van der Waals surface area contributed by atoms with Gasteiger partial charge in [0.1, 0.15) is 0 Å². The summed E-state index contributed by atoms with van der Waals surface area (Å²) in [5.41, 5.74) is 49.2. The van der Waals surface area contributed by atoms with Gasteiger partial charge in [-0.3, -0.25) is 0 Å². The van der Waals surface area contributed by atoms with Gasteiger partial charge in [-0.2, -0.15) is 0 Å².